The monoisotopic (exact) mass is 354 g/mol. The molecule has 1 rings (SSSR count). The van der Waals surface area contributed by atoms with Crippen molar-refractivity contribution < 1.29 is 4.79 Å². The Kier molecular flexibility index (Phi) is 4.35. The second kappa shape index (κ2) is 4.87. The van der Waals surface area contributed by atoms with Gasteiger partial charge in [-0.2, -0.15) is 0 Å². The summed E-state index contributed by atoms with van der Waals surface area (Å²) in [5.41, 5.74) is 0.611. The van der Waals surface area contributed by atoms with Gasteiger partial charge in [0.25, 0.3) is 0 Å². The van der Waals surface area contributed by atoms with E-state index in [2.05, 4.69) is 0 Å². The molecule has 0 heterocycles. The topological polar surface area (TPSA) is 17.1 Å². The summed E-state index contributed by atoms with van der Waals surface area (Å²) in [6.07, 6.45) is 0. The molecule has 1 nitrogen and oxygen atoms in total. The van der Waals surface area contributed by atoms with Crippen molar-refractivity contribution in [2.75, 3.05) is 0 Å². The van der Waals surface area contributed by atoms with E-state index in [1.165, 1.54) is 0 Å². The standard InChI is InChI=1S/C8H7Cl3OTe/c9-13(10,11)6-8(12)7-4-2-1-3-5-7/h1-5H,6H2. The molecule has 0 saturated carbocycles. The molecule has 0 unspecified atom stereocenters. The molecule has 0 radical (unpaired) electrons. The van der Waals surface area contributed by atoms with Crippen LogP contribution in [0.3, 0.4) is 0 Å². The molecular formula is C8H7Cl3OTe. The van der Waals surface area contributed by atoms with E-state index in [9.17, 15) is 4.79 Å². The number of ketones is 1. The van der Waals surface area contributed by atoms with Gasteiger partial charge in [-0.1, -0.05) is 0 Å². The third kappa shape index (κ3) is 4.53. The number of Topliss-reactive ketones (excluding diaryl/α,β-unsaturated/α-hetero) is 1. The Morgan fingerprint density at radius 3 is 2.15 bits per heavy atom. The van der Waals surface area contributed by atoms with Crippen LogP contribution < -0.4 is 0 Å². The van der Waals surface area contributed by atoms with Gasteiger partial charge in [0.15, 0.2) is 0 Å². The zero-order valence-electron chi connectivity index (χ0n) is 6.54. The molecule has 0 N–H and O–H groups in total. The van der Waals surface area contributed by atoms with E-state index in [1.807, 2.05) is 6.07 Å². The van der Waals surface area contributed by atoms with Crippen LogP contribution in [0.4, 0.5) is 0 Å². The van der Waals surface area contributed by atoms with Gasteiger partial charge in [-0.05, 0) is 0 Å². The molecule has 0 saturated heterocycles. The number of hydrogen-bond donors (Lipinski definition) is 0. The second-order valence-electron chi connectivity index (χ2n) is 2.44. The Bertz CT molecular complexity index is 294. The number of carbonyl (C=O) groups is 1. The number of halogens is 3. The molecule has 0 aromatic heterocycles. The van der Waals surface area contributed by atoms with Gasteiger partial charge in [-0.25, -0.2) is 0 Å². The van der Waals surface area contributed by atoms with Gasteiger partial charge in [0.05, 0.1) is 0 Å². The van der Waals surface area contributed by atoms with Crippen molar-refractivity contribution in [2.45, 2.75) is 4.47 Å². The molecule has 72 valence electrons. The summed E-state index contributed by atoms with van der Waals surface area (Å²) < 4.78 is 0.0944. The summed E-state index contributed by atoms with van der Waals surface area (Å²) in [6.45, 7) is 0. The molecular weight excluding hydrogens is 346 g/mol. The maximum absolute atomic E-state index is 11.5. The van der Waals surface area contributed by atoms with E-state index < -0.39 is 14.8 Å². The van der Waals surface area contributed by atoms with Crippen LogP contribution in [0.25, 0.3) is 0 Å². The van der Waals surface area contributed by atoms with E-state index in [1.54, 1.807) is 24.3 Å². The van der Waals surface area contributed by atoms with Gasteiger partial charge in [0.2, 0.25) is 0 Å². The summed E-state index contributed by atoms with van der Waals surface area (Å²) in [5.74, 6) is -0.0817. The molecule has 0 atom stereocenters. The number of rotatable bonds is 3. The van der Waals surface area contributed by atoms with Gasteiger partial charge in [0, 0.05) is 0 Å². The Morgan fingerprint density at radius 1 is 1.15 bits per heavy atom. The molecule has 0 aliphatic rings. The number of benzene rings is 1. The van der Waals surface area contributed by atoms with Crippen molar-refractivity contribution >= 4 is 47.5 Å². The minimum absolute atomic E-state index is 0.0817. The quantitative estimate of drug-likeness (QED) is 0.600. The van der Waals surface area contributed by atoms with E-state index in [4.69, 9.17) is 26.9 Å². The van der Waals surface area contributed by atoms with Gasteiger partial charge < -0.3 is 0 Å². The van der Waals surface area contributed by atoms with Crippen molar-refractivity contribution in [1.29, 1.82) is 0 Å². The summed E-state index contributed by atoms with van der Waals surface area (Å²) in [4.78, 5) is 11.5. The van der Waals surface area contributed by atoms with Crippen molar-refractivity contribution in [3.8, 4) is 0 Å². The van der Waals surface area contributed by atoms with Crippen LogP contribution in [-0.2, 0) is 0 Å². The summed E-state index contributed by atoms with van der Waals surface area (Å²) in [5, 5.41) is 0. The fourth-order valence-electron chi connectivity index (χ4n) is 0.856. The first-order valence-corrected chi connectivity index (χ1v) is 14.0. The van der Waals surface area contributed by atoms with Crippen LogP contribution >= 0.6 is 26.9 Å². The average Bonchev–Trinajstić information content (AvgIpc) is 2.03. The predicted octanol–water partition coefficient (Wildman–Crippen LogP) is 3.52. The van der Waals surface area contributed by atoms with Crippen LogP contribution in [0.15, 0.2) is 30.3 Å². The van der Waals surface area contributed by atoms with Crippen molar-refractivity contribution in [3.63, 3.8) is 0 Å². The summed E-state index contributed by atoms with van der Waals surface area (Å²) >= 11 is -3.32. The van der Waals surface area contributed by atoms with Gasteiger partial charge in [-0.3, -0.25) is 0 Å². The van der Waals surface area contributed by atoms with Gasteiger partial charge >= 0.3 is 92.7 Å². The molecule has 0 amide bonds. The van der Waals surface area contributed by atoms with Crippen molar-refractivity contribution in [2.24, 2.45) is 0 Å². The number of hydrogen-bond acceptors (Lipinski definition) is 1. The Labute approximate surface area is 92.0 Å². The van der Waals surface area contributed by atoms with E-state index in [-0.39, 0.29) is 10.3 Å². The Balaban J connectivity index is 2.71. The van der Waals surface area contributed by atoms with Crippen LogP contribution in [0, 0.1) is 0 Å². The summed E-state index contributed by atoms with van der Waals surface area (Å²) in [6, 6.07) is 8.87. The Morgan fingerprint density at radius 2 is 1.69 bits per heavy atom. The van der Waals surface area contributed by atoms with Crippen LogP contribution in [0.2, 0.25) is 4.47 Å². The number of carbonyl (C=O) groups excluding carboxylic acids is 1. The normalized spacial score (nSPS) is 12.5. The first kappa shape index (κ1) is 11.6. The molecule has 0 spiro atoms. The van der Waals surface area contributed by atoms with E-state index in [0.29, 0.717) is 5.56 Å². The maximum atomic E-state index is 11.5. The van der Waals surface area contributed by atoms with Crippen molar-refractivity contribution in [1.82, 2.24) is 0 Å². The second-order valence-corrected chi connectivity index (χ2v) is 19.9. The fourth-order valence-corrected chi connectivity index (χ4v) is 4.17. The average molecular weight is 353 g/mol. The first-order valence-electron chi connectivity index (χ1n) is 3.47. The molecule has 0 bridgehead atoms. The third-order valence-electron chi connectivity index (χ3n) is 1.39. The third-order valence-corrected chi connectivity index (χ3v) is 5.27. The molecule has 5 heteroatoms. The molecule has 0 aliphatic carbocycles. The van der Waals surface area contributed by atoms with Crippen LogP contribution in [-0.4, -0.2) is 20.6 Å². The molecule has 1 aromatic rings. The molecule has 0 aliphatic heterocycles. The zero-order chi connectivity index (χ0) is 9.90. The van der Waals surface area contributed by atoms with E-state index in [0.717, 1.165) is 0 Å². The molecule has 0 fully saturated rings. The van der Waals surface area contributed by atoms with Crippen molar-refractivity contribution in [3.05, 3.63) is 35.9 Å². The minimum atomic E-state index is -3.32. The van der Waals surface area contributed by atoms with Crippen LogP contribution in [0.5, 0.6) is 0 Å². The Hall–Kier alpha value is 0.550. The van der Waals surface area contributed by atoms with E-state index >= 15 is 0 Å². The fraction of sp³-hybridized carbons (Fsp3) is 0.125. The first-order chi connectivity index (χ1) is 5.99. The zero-order valence-corrected chi connectivity index (χ0v) is 11.1. The van der Waals surface area contributed by atoms with Gasteiger partial charge in [0.1, 0.15) is 0 Å². The SMILES string of the molecule is O=C(C[Te](Cl)(Cl)Cl)c1ccccc1. The van der Waals surface area contributed by atoms with Crippen LogP contribution in [0.1, 0.15) is 10.4 Å². The van der Waals surface area contributed by atoms with Gasteiger partial charge in [-0.15, -0.1) is 0 Å². The predicted molar refractivity (Wildman–Crippen MR) is 58.9 cm³/mol. The molecule has 13 heavy (non-hydrogen) atoms. The summed E-state index contributed by atoms with van der Waals surface area (Å²) in [7, 11) is 17.0. The molecule has 1 aromatic carbocycles.